The summed E-state index contributed by atoms with van der Waals surface area (Å²) < 4.78 is 0. The molecule has 3 N–H and O–H groups in total. The third-order valence-electron chi connectivity index (χ3n) is 3.12. The normalized spacial score (nSPS) is 12.3. The number of nitrogens with one attached hydrogen (secondary N) is 1. The van der Waals surface area contributed by atoms with E-state index in [1.165, 1.54) is 18.5 Å². The zero-order chi connectivity index (χ0) is 14.5. The fourth-order valence-corrected chi connectivity index (χ4v) is 1.92. The standard InChI is InChI=1S/C14H17N3O3/c1-9(4-5-18)7-15-13-11-3-2-10(14(19)20)6-12(11)16-8-17-13/h2-3,6,8-9,18H,4-5,7H2,1H3,(H,19,20)(H,15,16,17). The van der Waals surface area contributed by atoms with Gasteiger partial charge in [0.05, 0.1) is 11.1 Å². The number of carboxylic acids is 1. The molecule has 1 aromatic carbocycles. The smallest absolute Gasteiger partial charge is 0.335 e. The number of hydrogen-bond donors (Lipinski definition) is 3. The summed E-state index contributed by atoms with van der Waals surface area (Å²) in [5.41, 5.74) is 0.799. The molecule has 0 amide bonds. The van der Waals surface area contributed by atoms with E-state index in [2.05, 4.69) is 15.3 Å². The summed E-state index contributed by atoms with van der Waals surface area (Å²) in [5.74, 6) is 0.0247. The number of fused-ring (bicyclic) bond motifs is 1. The van der Waals surface area contributed by atoms with Crippen LogP contribution in [0.2, 0.25) is 0 Å². The van der Waals surface area contributed by atoms with Crippen molar-refractivity contribution >= 4 is 22.7 Å². The van der Waals surface area contributed by atoms with Gasteiger partial charge in [0, 0.05) is 18.5 Å². The maximum Gasteiger partial charge on any atom is 0.335 e. The Morgan fingerprint density at radius 1 is 1.40 bits per heavy atom. The van der Waals surface area contributed by atoms with Crippen LogP contribution in [0, 0.1) is 5.92 Å². The summed E-state index contributed by atoms with van der Waals surface area (Å²) in [5, 5.41) is 21.8. The summed E-state index contributed by atoms with van der Waals surface area (Å²) >= 11 is 0. The lowest BCUT2D eigenvalue weighted by atomic mass is 10.1. The van der Waals surface area contributed by atoms with Crippen molar-refractivity contribution in [1.82, 2.24) is 9.97 Å². The second-order valence-electron chi connectivity index (χ2n) is 4.76. The third-order valence-corrected chi connectivity index (χ3v) is 3.12. The molecule has 0 saturated heterocycles. The number of aromatic nitrogens is 2. The quantitative estimate of drug-likeness (QED) is 0.743. The van der Waals surface area contributed by atoms with Crippen molar-refractivity contribution in [3.8, 4) is 0 Å². The first kappa shape index (κ1) is 14.2. The lowest BCUT2D eigenvalue weighted by Gasteiger charge is -2.13. The Morgan fingerprint density at radius 3 is 2.90 bits per heavy atom. The third kappa shape index (κ3) is 3.21. The molecule has 1 unspecified atom stereocenters. The van der Waals surface area contributed by atoms with Crippen LogP contribution in [0.5, 0.6) is 0 Å². The first-order chi connectivity index (χ1) is 9.61. The number of aliphatic hydroxyl groups excluding tert-OH is 1. The van der Waals surface area contributed by atoms with Gasteiger partial charge in [-0.3, -0.25) is 0 Å². The lowest BCUT2D eigenvalue weighted by molar-refractivity contribution is 0.0697. The monoisotopic (exact) mass is 275 g/mol. The minimum Gasteiger partial charge on any atom is -0.478 e. The van der Waals surface area contributed by atoms with Gasteiger partial charge in [0.2, 0.25) is 0 Å². The molecule has 6 heteroatoms. The summed E-state index contributed by atoms with van der Waals surface area (Å²) in [4.78, 5) is 19.2. The number of hydrogen-bond acceptors (Lipinski definition) is 5. The van der Waals surface area contributed by atoms with Crippen molar-refractivity contribution in [1.29, 1.82) is 0 Å². The molecule has 0 aliphatic rings. The molecule has 0 saturated carbocycles. The van der Waals surface area contributed by atoms with Crippen LogP contribution >= 0.6 is 0 Å². The average Bonchev–Trinajstić information content (AvgIpc) is 2.44. The van der Waals surface area contributed by atoms with Crippen molar-refractivity contribution in [2.75, 3.05) is 18.5 Å². The minimum atomic E-state index is -0.975. The Kier molecular flexibility index (Phi) is 4.47. The Balaban J connectivity index is 2.24. The molecule has 0 aliphatic heterocycles. The molecule has 1 heterocycles. The molecule has 6 nitrogen and oxygen atoms in total. The van der Waals surface area contributed by atoms with E-state index in [0.717, 1.165) is 11.8 Å². The van der Waals surface area contributed by atoms with Crippen molar-refractivity contribution in [3.63, 3.8) is 0 Å². The Bertz CT molecular complexity index is 616. The highest BCUT2D eigenvalue weighted by molar-refractivity contribution is 5.96. The van der Waals surface area contributed by atoms with E-state index in [1.807, 2.05) is 6.92 Å². The summed E-state index contributed by atoms with van der Waals surface area (Å²) in [6, 6.07) is 4.77. The largest absolute Gasteiger partial charge is 0.478 e. The molecular weight excluding hydrogens is 258 g/mol. The number of carbonyl (C=O) groups is 1. The van der Waals surface area contributed by atoms with Crippen molar-refractivity contribution < 1.29 is 15.0 Å². The van der Waals surface area contributed by atoms with Crippen LogP contribution in [0.3, 0.4) is 0 Å². The molecule has 106 valence electrons. The van der Waals surface area contributed by atoms with Gasteiger partial charge in [-0.1, -0.05) is 6.92 Å². The molecule has 0 fully saturated rings. The minimum absolute atomic E-state index is 0.162. The van der Waals surface area contributed by atoms with Crippen LogP contribution in [0.25, 0.3) is 10.9 Å². The van der Waals surface area contributed by atoms with Gasteiger partial charge in [0.25, 0.3) is 0 Å². The maximum atomic E-state index is 10.9. The lowest BCUT2D eigenvalue weighted by Crippen LogP contribution is -2.13. The average molecular weight is 275 g/mol. The molecule has 0 aliphatic carbocycles. The summed E-state index contributed by atoms with van der Waals surface area (Å²) in [6.07, 6.45) is 2.13. The van der Waals surface area contributed by atoms with Gasteiger partial charge in [0.1, 0.15) is 12.1 Å². The highest BCUT2D eigenvalue weighted by Crippen LogP contribution is 2.20. The van der Waals surface area contributed by atoms with Crippen molar-refractivity contribution in [2.24, 2.45) is 5.92 Å². The second-order valence-corrected chi connectivity index (χ2v) is 4.76. The SMILES string of the molecule is CC(CCO)CNc1ncnc2cc(C(=O)O)ccc12. The van der Waals surface area contributed by atoms with Crippen LogP contribution in [0.15, 0.2) is 24.5 Å². The molecular formula is C14H17N3O3. The van der Waals surface area contributed by atoms with Crippen LogP contribution in [0.1, 0.15) is 23.7 Å². The van der Waals surface area contributed by atoms with E-state index >= 15 is 0 Å². The Labute approximate surface area is 116 Å². The first-order valence-corrected chi connectivity index (χ1v) is 6.44. The molecule has 2 aromatic rings. The van der Waals surface area contributed by atoms with E-state index in [4.69, 9.17) is 10.2 Å². The topological polar surface area (TPSA) is 95.3 Å². The number of nitrogens with zero attached hydrogens (tertiary/aromatic N) is 2. The zero-order valence-corrected chi connectivity index (χ0v) is 11.2. The Morgan fingerprint density at radius 2 is 2.20 bits per heavy atom. The number of anilines is 1. The molecule has 1 atom stereocenters. The van der Waals surface area contributed by atoms with Crippen molar-refractivity contribution in [2.45, 2.75) is 13.3 Å². The molecule has 0 radical (unpaired) electrons. The second kappa shape index (κ2) is 6.29. The van der Waals surface area contributed by atoms with Crippen LogP contribution in [-0.4, -0.2) is 39.3 Å². The van der Waals surface area contributed by atoms with Crippen molar-refractivity contribution in [3.05, 3.63) is 30.1 Å². The van der Waals surface area contributed by atoms with Gasteiger partial charge in [-0.05, 0) is 30.5 Å². The molecule has 0 bridgehead atoms. The van der Waals surface area contributed by atoms with Crippen LogP contribution < -0.4 is 5.32 Å². The molecule has 0 spiro atoms. The highest BCUT2D eigenvalue weighted by Gasteiger charge is 2.09. The van der Waals surface area contributed by atoms with E-state index in [-0.39, 0.29) is 12.2 Å². The van der Waals surface area contributed by atoms with E-state index in [1.54, 1.807) is 6.07 Å². The van der Waals surface area contributed by atoms with E-state index < -0.39 is 5.97 Å². The fourth-order valence-electron chi connectivity index (χ4n) is 1.92. The predicted molar refractivity (Wildman–Crippen MR) is 75.9 cm³/mol. The Hall–Kier alpha value is -2.21. The summed E-state index contributed by atoms with van der Waals surface area (Å²) in [7, 11) is 0. The maximum absolute atomic E-state index is 10.9. The number of rotatable bonds is 6. The van der Waals surface area contributed by atoms with Gasteiger partial charge in [-0.25, -0.2) is 14.8 Å². The van der Waals surface area contributed by atoms with Gasteiger partial charge in [-0.15, -0.1) is 0 Å². The van der Waals surface area contributed by atoms with Crippen LogP contribution in [-0.2, 0) is 0 Å². The van der Waals surface area contributed by atoms with E-state index in [9.17, 15) is 4.79 Å². The van der Waals surface area contributed by atoms with Crippen LogP contribution in [0.4, 0.5) is 5.82 Å². The predicted octanol–water partition coefficient (Wildman–Crippen LogP) is 1.76. The highest BCUT2D eigenvalue weighted by atomic mass is 16.4. The summed E-state index contributed by atoms with van der Waals surface area (Å²) in [6.45, 7) is 2.89. The van der Waals surface area contributed by atoms with Gasteiger partial charge < -0.3 is 15.5 Å². The van der Waals surface area contributed by atoms with E-state index in [0.29, 0.717) is 23.8 Å². The van der Waals surface area contributed by atoms with Gasteiger partial charge >= 0.3 is 5.97 Å². The number of carboxylic acid groups (broad SMARTS) is 1. The molecule has 2 rings (SSSR count). The fraction of sp³-hybridized carbons (Fsp3) is 0.357. The van der Waals surface area contributed by atoms with Gasteiger partial charge in [0.15, 0.2) is 0 Å². The van der Waals surface area contributed by atoms with Gasteiger partial charge in [-0.2, -0.15) is 0 Å². The number of aromatic carboxylic acids is 1. The molecule has 1 aromatic heterocycles. The molecule has 20 heavy (non-hydrogen) atoms. The zero-order valence-electron chi connectivity index (χ0n) is 11.2. The number of benzene rings is 1. The first-order valence-electron chi connectivity index (χ1n) is 6.44. The number of aliphatic hydroxyl groups is 1.